The maximum absolute atomic E-state index is 13.2. The third-order valence-electron chi connectivity index (χ3n) is 5.64. The molecule has 3 aromatic rings. The van der Waals surface area contributed by atoms with E-state index in [9.17, 15) is 14.4 Å². The van der Waals surface area contributed by atoms with Crippen LogP contribution in [0.1, 0.15) is 47.0 Å². The van der Waals surface area contributed by atoms with Crippen LogP contribution in [-0.4, -0.2) is 39.9 Å². The van der Waals surface area contributed by atoms with Crippen molar-refractivity contribution in [2.24, 2.45) is 0 Å². The van der Waals surface area contributed by atoms with Gasteiger partial charge in [0.1, 0.15) is 0 Å². The number of rotatable bonds is 7. The fourth-order valence-electron chi connectivity index (χ4n) is 4.04. The number of amides is 3. The van der Waals surface area contributed by atoms with E-state index in [0.29, 0.717) is 16.8 Å². The van der Waals surface area contributed by atoms with Crippen LogP contribution in [-0.2, 0) is 16.1 Å². The van der Waals surface area contributed by atoms with E-state index >= 15 is 0 Å². The van der Waals surface area contributed by atoms with Crippen molar-refractivity contribution in [2.45, 2.75) is 45.5 Å². The Balaban J connectivity index is 1.56. The summed E-state index contributed by atoms with van der Waals surface area (Å²) in [6, 6.07) is 17.2. The molecule has 35 heavy (non-hydrogen) atoms. The van der Waals surface area contributed by atoms with Crippen LogP contribution in [0.25, 0.3) is 0 Å². The number of aromatic nitrogens is 1. The number of carbonyl (C=O) groups excluding carboxylic acids is 3. The van der Waals surface area contributed by atoms with Gasteiger partial charge in [0.25, 0.3) is 5.91 Å². The van der Waals surface area contributed by atoms with E-state index in [0.717, 1.165) is 11.1 Å². The standard InChI is InChI=1S/C27H28N4O4/c1-17(2)29-26(33)23-24(35-27(34)31(23)16-19-7-4-6-18(3)14-19)20-9-11-22(12-10-20)30-25(32)21-8-5-13-28-15-21/h4-15,17,23-24H,16H2,1-3H3,(H,29,33)(H,30,32). The Morgan fingerprint density at radius 1 is 1.09 bits per heavy atom. The number of ether oxygens (including phenoxy) is 1. The lowest BCUT2D eigenvalue weighted by Gasteiger charge is -2.25. The molecule has 2 atom stereocenters. The normalized spacial score (nSPS) is 17.3. The van der Waals surface area contributed by atoms with Gasteiger partial charge in [0.2, 0.25) is 5.91 Å². The van der Waals surface area contributed by atoms with Crippen molar-refractivity contribution in [1.82, 2.24) is 15.2 Å². The molecule has 0 spiro atoms. The first kappa shape index (κ1) is 23.9. The number of cyclic esters (lactones) is 1. The first-order valence-electron chi connectivity index (χ1n) is 11.5. The number of nitrogens with one attached hydrogen (secondary N) is 2. The molecule has 1 aliphatic heterocycles. The Labute approximate surface area is 204 Å². The second-order valence-electron chi connectivity index (χ2n) is 8.85. The van der Waals surface area contributed by atoms with Gasteiger partial charge in [0, 0.05) is 24.1 Å². The molecule has 2 N–H and O–H groups in total. The summed E-state index contributed by atoms with van der Waals surface area (Å²) in [5.41, 5.74) is 3.66. The molecule has 1 aromatic heterocycles. The van der Waals surface area contributed by atoms with Crippen LogP contribution in [0.4, 0.5) is 10.5 Å². The number of benzene rings is 2. The van der Waals surface area contributed by atoms with Crippen LogP contribution in [0, 0.1) is 6.92 Å². The number of aryl methyl sites for hydroxylation is 1. The first-order chi connectivity index (χ1) is 16.8. The first-order valence-corrected chi connectivity index (χ1v) is 11.5. The minimum absolute atomic E-state index is 0.0928. The van der Waals surface area contributed by atoms with Crippen molar-refractivity contribution in [2.75, 3.05) is 5.32 Å². The van der Waals surface area contributed by atoms with Gasteiger partial charge >= 0.3 is 6.09 Å². The molecule has 2 aromatic carbocycles. The van der Waals surface area contributed by atoms with Crippen molar-refractivity contribution in [3.8, 4) is 0 Å². The SMILES string of the molecule is Cc1cccc(CN2C(=O)OC(c3ccc(NC(=O)c4cccnc4)cc3)C2C(=O)NC(C)C)c1. The lowest BCUT2D eigenvalue weighted by molar-refractivity contribution is -0.126. The molecule has 1 aliphatic rings. The summed E-state index contributed by atoms with van der Waals surface area (Å²) in [6.07, 6.45) is 1.76. The number of anilines is 1. The van der Waals surface area contributed by atoms with E-state index < -0.39 is 18.2 Å². The molecular formula is C27H28N4O4. The second-order valence-corrected chi connectivity index (χ2v) is 8.85. The van der Waals surface area contributed by atoms with Gasteiger partial charge in [-0.05, 0) is 56.2 Å². The van der Waals surface area contributed by atoms with Gasteiger partial charge in [-0.2, -0.15) is 0 Å². The Morgan fingerprint density at radius 3 is 2.51 bits per heavy atom. The Morgan fingerprint density at radius 2 is 1.86 bits per heavy atom. The monoisotopic (exact) mass is 472 g/mol. The zero-order valence-electron chi connectivity index (χ0n) is 19.9. The van der Waals surface area contributed by atoms with Crippen molar-refractivity contribution >= 4 is 23.6 Å². The predicted molar refractivity (Wildman–Crippen MR) is 132 cm³/mol. The molecule has 0 aliphatic carbocycles. The predicted octanol–water partition coefficient (Wildman–Crippen LogP) is 4.23. The van der Waals surface area contributed by atoms with Crippen LogP contribution < -0.4 is 10.6 Å². The molecule has 3 amide bonds. The van der Waals surface area contributed by atoms with Crippen LogP contribution in [0.2, 0.25) is 0 Å². The van der Waals surface area contributed by atoms with Gasteiger partial charge in [0.15, 0.2) is 12.1 Å². The van der Waals surface area contributed by atoms with Gasteiger partial charge in [-0.25, -0.2) is 4.79 Å². The van der Waals surface area contributed by atoms with Crippen LogP contribution in [0.15, 0.2) is 73.1 Å². The molecule has 8 heteroatoms. The third kappa shape index (κ3) is 5.66. The van der Waals surface area contributed by atoms with Gasteiger partial charge < -0.3 is 15.4 Å². The zero-order valence-corrected chi connectivity index (χ0v) is 19.9. The largest absolute Gasteiger partial charge is 0.438 e. The molecule has 2 unspecified atom stereocenters. The minimum atomic E-state index is -0.832. The summed E-state index contributed by atoms with van der Waals surface area (Å²) in [5.74, 6) is -0.561. The van der Waals surface area contributed by atoms with Gasteiger partial charge in [-0.1, -0.05) is 42.0 Å². The topological polar surface area (TPSA) is 101 Å². The Hall–Kier alpha value is -4.20. The average Bonchev–Trinajstić information content (AvgIpc) is 3.15. The third-order valence-corrected chi connectivity index (χ3v) is 5.64. The molecule has 180 valence electrons. The van der Waals surface area contributed by atoms with E-state index in [1.807, 2.05) is 45.0 Å². The number of hydrogen-bond donors (Lipinski definition) is 2. The fraction of sp³-hybridized carbons (Fsp3) is 0.259. The average molecular weight is 473 g/mol. The van der Waals surface area contributed by atoms with E-state index in [1.165, 1.54) is 11.1 Å². The zero-order chi connectivity index (χ0) is 24.9. The van der Waals surface area contributed by atoms with E-state index in [-0.39, 0.29) is 24.4 Å². The summed E-state index contributed by atoms with van der Waals surface area (Å²) in [6.45, 7) is 5.98. The molecule has 0 bridgehead atoms. The van der Waals surface area contributed by atoms with Gasteiger partial charge in [-0.15, -0.1) is 0 Å². The van der Waals surface area contributed by atoms with Crippen LogP contribution in [0.3, 0.4) is 0 Å². The summed E-state index contributed by atoms with van der Waals surface area (Å²) in [7, 11) is 0. The summed E-state index contributed by atoms with van der Waals surface area (Å²) < 4.78 is 5.70. The van der Waals surface area contributed by atoms with Crippen molar-refractivity contribution in [3.05, 3.63) is 95.3 Å². The Kier molecular flexibility index (Phi) is 7.10. The highest BCUT2D eigenvalue weighted by Crippen LogP contribution is 2.34. The molecule has 0 saturated carbocycles. The molecule has 1 fully saturated rings. The maximum atomic E-state index is 13.2. The van der Waals surface area contributed by atoms with Crippen LogP contribution >= 0.6 is 0 Å². The number of carbonyl (C=O) groups is 3. The highest BCUT2D eigenvalue weighted by atomic mass is 16.6. The van der Waals surface area contributed by atoms with E-state index in [1.54, 1.807) is 42.6 Å². The molecule has 0 radical (unpaired) electrons. The fourth-order valence-corrected chi connectivity index (χ4v) is 4.04. The van der Waals surface area contributed by atoms with E-state index in [2.05, 4.69) is 15.6 Å². The summed E-state index contributed by atoms with van der Waals surface area (Å²) >= 11 is 0. The second kappa shape index (κ2) is 10.4. The van der Waals surface area contributed by atoms with Crippen LogP contribution in [0.5, 0.6) is 0 Å². The molecule has 4 rings (SSSR count). The van der Waals surface area contributed by atoms with Gasteiger partial charge in [-0.3, -0.25) is 19.5 Å². The van der Waals surface area contributed by atoms with Crippen molar-refractivity contribution in [3.63, 3.8) is 0 Å². The highest BCUT2D eigenvalue weighted by molar-refractivity contribution is 6.04. The molecule has 2 heterocycles. The lowest BCUT2D eigenvalue weighted by Crippen LogP contribution is -2.48. The summed E-state index contributed by atoms with van der Waals surface area (Å²) in [5, 5.41) is 5.73. The highest BCUT2D eigenvalue weighted by Gasteiger charge is 2.47. The molecule has 1 saturated heterocycles. The quantitative estimate of drug-likeness (QED) is 0.536. The molecule has 8 nitrogen and oxygen atoms in total. The van der Waals surface area contributed by atoms with E-state index in [4.69, 9.17) is 4.74 Å². The Bertz CT molecular complexity index is 1210. The number of pyridine rings is 1. The van der Waals surface area contributed by atoms with Crippen molar-refractivity contribution < 1.29 is 19.1 Å². The van der Waals surface area contributed by atoms with Crippen molar-refractivity contribution in [1.29, 1.82) is 0 Å². The molecular weight excluding hydrogens is 444 g/mol. The smallest absolute Gasteiger partial charge is 0.411 e. The summed E-state index contributed by atoms with van der Waals surface area (Å²) in [4.78, 5) is 43.9. The minimum Gasteiger partial charge on any atom is -0.438 e. The lowest BCUT2D eigenvalue weighted by atomic mass is 10.00. The van der Waals surface area contributed by atoms with Gasteiger partial charge in [0.05, 0.1) is 12.1 Å². The number of nitrogens with zero attached hydrogens (tertiary/aromatic N) is 2. The number of hydrogen-bond acceptors (Lipinski definition) is 5. The maximum Gasteiger partial charge on any atom is 0.411 e.